The molecule has 0 radical (unpaired) electrons. The molecule has 0 atom stereocenters. The Kier molecular flexibility index (Phi) is 6.04. The second-order valence-electron chi connectivity index (χ2n) is 6.88. The van der Waals surface area contributed by atoms with Gasteiger partial charge in [0, 0.05) is 40.4 Å². The van der Waals surface area contributed by atoms with Crippen LogP contribution in [0.4, 0.5) is 5.69 Å². The molecule has 0 N–H and O–H groups in total. The van der Waals surface area contributed by atoms with Crippen molar-refractivity contribution < 1.29 is 4.79 Å². The normalized spacial score (nSPS) is 10.9. The van der Waals surface area contributed by atoms with E-state index < -0.39 is 0 Å². The summed E-state index contributed by atoms with van der Waals surface area (Å²) < 4.78 is 1.50. The van der Waals surface area contributed by atoms with Crippen molar-refractivity contribution in [3.63, 3.8) is 0 Å². The van der Waals surface area contributed by atoms with Crippen molar-refractivity contribution in [2.75, 3.05) is 31.8 Å². The predicted molar refractivity (Wildman–Crippen MR) is 115 cm³/mol. The summed E-state index contributed by atoms with van der Waals surface area (Å²) in [6, 6.07) is 15.4. The Hall–Kier alpha value is -2.80. The van der Waals surface area contributed by atoms with Gasteiger partial charge in [-0.25, -0.2) is 4.98 Å². The Morgan fingerprint density at radius 2 is 1.75 bits per heavy atom. The number of benzene rings is 2. The van der Waals surface area contributed by atoms with Gasteiger partial charge in [-0.3, -0.25) is 14.2 Å². The Bertz CT molecular complexity index is 1040. The predicted octanol–water partition coefficient (Wildman–Crippen LogP) is 2.75. The molecular weight excluding hydrogens is 372 g/mol. The van der Waals surface area contributed by atoms with E-state index in [0.29, 0.717) is 22.6 Å². The highest BCUT2D eigenvalue weighted by Crippen LogP contribution is 2.18. The molecule has 6 nitrogen and oxygen atoms in total. The maximum absolute atomic E-state index is 12.5. The Labute approximate surface area is 168 Å². The van der Waals surface area contributed by atoms with Crippen LogP contribution < -0.4 is 10.5 Å². The standard InChI is InChI=1S/C21H24N4O2S/c1-23(2)16-11-9-15(10-12-16)13-24(3)19(26)14-28-21-22-18-8-6-5-7-17(18)20(27)25(21)4/h5-12H,13-14H2,1-4H3. The van der Waals surface area contributed by atoms with Crippen molar-refractivity contribution in [2.45, 2.75) is 11.7 Å². The first kappa shape index (κ1) is 19.9. The third-order valence-electron chi connectivity index (χ3n) is 4.57. The minimum absolute atomic E-state index is 0.0101. The molecule has 1 aromatic heterocycles. The van der Waals surface area contributed by atoms with Gasteiger partial charge >= 0.3 is 0 Å². The van der Waals surface area contributed by atoms with Crippen LogP contribution in [0, 0.1) is 0 Å². The highest BCUT2D eigenvalue weighted by Gasteiger charge is 2.14. The molecule has 0 aliphatic rings. The summed E-state index contributed by atoms with van der Waals surface area (Å²) in [5.41, 5.74) is 2.74. The quantitative estimate of drug-likeness (QED) is 0.474. The number of hydrogen-bond acceptors (Lipinski definition) is 5. The molecule has 0 aliphatic carbocycles. The van der Waals surface area contributed by atoms with Crippen LogP contribution in [0.2, 0.25) is 0 Å². The first-order valence-corrected chi connectivity index (χ1v) is 9.94. The molecule has 1 amide bonds. The van der Waals surface area contributed by atoms with Gasteiger partial charge in [0.1, 0.15) is 0 Å². The summed E-state index contributed by atoms with van der Waals surface area (Å²) in [6.45, 7) is 0.539. The number of carbonyl (C=O) groups is 1. The second-order valence-corrected chi connectivity index (χ2v) is 7.82. The summed E-state index contributed by atoms with van der Waals surface area (Å²) in [7, 11) is 7.46. The molecule has 0 saturated heterocycles. The molecule has 3 aromatic rings. The lowest BCUT2D eigenvalue weighted by atomic mass is 10.2. The van der Waals surface area contributed by atoms with Crippen molar-refractivity contribution in [2.24, 2.45) is 7.05 Å². The third kappa shape index (κ3) is 4.36. The SMILES string of the molecule is CN(Cc1ccc(N(C)C)cc1)C(=O)CSc1nc2ccccc2c(=O)n1C. The summed E-state index contributed by atoms with van der Waals surface area (Å²) in [6.07, 6.45) is 0. The molecule has 146 valence electrons. The minimum Gasteiger partial charge on any atom is -0.378 e. The van der Waals surface area contributed by atoms with Crippen LogP contribution in [0.1, 0.15) is 5.56 Å². The maximum atomic E-state index is 12.5. The molecule has 3 rings (SSSR count). The molecule has 0 spiro atoms. The van der Waals surface area contributed by atoms with Crippen molar-refractivity contribution in [1.82, 2.24) is 14.5 Å². The lowest BCUT2D eigenvalue weighted by Crippen LogP contribution is -2.28. The fourth-order valence-electron chi connectivity index (χ4n) is 2.82. The van der Waals surface area contributed by atoms with E-state index in [-0.39, 0.29) is 17.2 Å². The van der Waals surface area contributed by atoms with Gasteiger partial charge in [-0.15, -0.1) is 0 Å². The van der Waals surface area contributed by atoms with Gasteiger partial charge in [-0.2, -0.15) is 0 Å². The number of carbonyl (C=O) groups excluding carboxylic acids is 1. The number of rotatable bonds is 6. The molecule has 0 saturated carbocycles. The van der Waals surface area contributed by atoms with E-state index in [9.17, 15) is 9.59 Å². The zero-order valence-electron chi connectivity index (χ0n) is 16.5. The van der Waals surface area contributed by atoms with Crippen LogP contribution in [-0.4, -0.2) is 47.3 Å². The number of para-hydroxylation sites is 1. The van der Waals surface area contributed by atoms with Gasteiger partial charge < -0.3 is 9.80 Å². The fraction of sp³-hybridized carbons (Fsp3) is 0.286. The largest absolute Gasteiger partial charge is 0.378 e. The number of hydrogen-bond donors (Lipinski definition) is 0. The van der Waals surface area contributed by atoms with Crippen LogP contribution in [0.5, 0.6) is 0 Å². The van der Waals surface area contributed by atoms with E-state index in [1.54, 1.807) is 25.1 Å². The summed E-state index contributed by atoms with van der Waals surface area (Å²) in [5, 5.41) is 1.12. The number of aromatic nitrogens is 2. The summed E-state index contributed by atoms with van der Waals surface area (Å²) >= 11 is 1.28. The Morgan fingerprint density at radius 3 is 2.43 bits per heavy atom. The van der Waals surface area contributed by atoms with Crippen LogP contribution in [0.3, 0.4) is 0 Å². The van der Waals surface area contributed by atoms with Crippen LogP contribution in [-0.2, 0) is 18.4 Å². The number of thioether (sulfide) groups is 1. The Morgan fingerprint density at radius 1 is 1.07 bits per heavy atom. The van der Waals surface area contributed by atoms with Gasteiger partial charge in [0.05, 0.1) is 16.7 Å². The van der Waals surface area contributed by atoms with Crippen molar-refractivity contribution in [1.29, 1.82) is 0 Å². The smallest absolute Gasteiger partial charge is 0.261 e. The second kappa shape index (κ2) is 8.48. The zero-order chi connectivity index (χ0) is 20.3. The average molecular weight is 397 g/mol. The topological polar surface area (TPSA) is 58.4 Å². The number of nitrogens with zero attached hydrogens (tertiary/aromatic N) is 4. The number of amides is 1. The summed E-state index contributed by atoms with van der Waals surface area (Å²) in [5.74, 6) is 0.217. The molecule has 1 heterocycles. The first-order chi connectivity index (χ1) is 13.4. The third-order valence-corrected chi connectivity index (χ3v) is 5.58. The zero-order valence-corrected chi connectivity index (χ0v) is 17.4. The fourth-order valence-corrected chi connectivity index (χ4v) is 3.74. The van der Waals surface area contributed by atoms with Crippen molar-refractivity contribution in [3.05, 3.63) is 64.4 Å². The van der Waals surface area contributed by atoms with Crippen LogP contribution in [0.25, 0.3) is 10.9 Å². The average Bonchev–Trinajstić information content (AvgIpc) is 2.69. The van der Waals surface area contributed by atoms with E-state index in [0.717, 1.165) is 11.3 Å². The summed E-state index contributed by atoms with van der Waals surface area (Å²) in [4.78, 5) is 33.2. The molecule has 0 aliphatic heterocycles. The minimum atomic E-state index is -0.102. The molecule has 0 fully saturated rings. The van der Waals surface area contributed by atoms with Crippen molar-refractivity contribution in [3.8, 4) is 0 Å². The molecule has 2 aromatic carbocycles. The van der Waals surface area contributed by atoms with E-state index >= 15 is 0 Å². The van der Waals surface area contributed by atoms with Gasteiger partial charge in [0.2, 0.25) is 5.91 Å². The van der Waals surface area contributed by atoms with E-state index in [1.807, 2.05) is 61.5 Å². The molecular formula is C21H24N4O2S. The molecule has 28 heavy (non-hydrogen) atoms. The van der Waals surface area contributed by atoms with E-state index in [2.05, 4.69) is 4.98 Å². The van der Waals surface area contributed by atoms with Gasteiger partial charge in [0.15, 0.2) is 5.16 Å². The Balaban J connectivity index is 1.65. The van der Waals surface area contributed by atoms with Crippen molar-refractivity contribution >= 4 is 34.3 Å². The van der Waals surface area contributed by atoms with Gasteiger partial charge in [0.25, 0.3) is 5.56 Å². The number of fused-ring (bicyclic) bond motifs is 1. The lowest BCUT2D eigenvalue weighted by Gasteiger charge is -2.18. The lowest BCUT2D eigenvalue weighted by molar-refractivity contribution is -0.127. The van der Waals surface area contributed by atoms with Gasteiger partial charge in [-0.05, 0) is 29.8 Å². The van der Waals surface area contributed by atoms with Crippen LogP contribution >= 0.6 is 11.8 Å². The van der Waals surface area contributed by atoms with E-state index in [4.69, 9.17) is 0 Å². The van der Waals surface area contributed by atoms with Gasteiger partial charge in [-0.1, -0.05) is 36.0 Å². The highest BCUT2D eigenvalue weighted by atomic mass is 32.2. The number of anilines is 1. The highest BCUT2D eigenvalue weighted by molar-refractivity contribution is 7.99. The molecule has 0 unspecified atom stereocenters. The van der Waals surface area contributed by atoms with E-state index in [1.165, 1.54) is 16.3 Å². The maximum Gasteiger partial charge on any atom is 0.261 e. The molecule has 7 heteroatoms. The monoisotopic (exact) mass is 396 g/mol. The molecule has 0 bridgehead atoms. The first-order valence-electron chi connectivity index (χ1n) is 8.95. The van der Waals surface area contributed by atoms with Crippen LogP contribution in [0.15, 0.2) is 58.5 Å².